The van der Waals surface area contributed by atoms with Crippen molar-refractivity contribution in [1.29, 1.82) is 0 Å². The SMILES string of the molecule is C=CCCC1CCC(CCc2ccc3c(F)c(CCc4ccc(OCC(F)(F)F)c(F)c4)ccc3c2)CC1. The van der Waals surface area contributed by atoms with Crippen molar-refractivity contribution in [1.82, 2.24) is 0 Å². The zero-order valence-electron chi connectivity index (χ0n) is 21.6. The summed E-state index contributed by atoms with van der Waals surface area (Å²) in [4.78, 5) is 0. The first-order valence-corrected chi connectivity index (χ1v) is 13.5. The van der Waals surface area contributed by atoms with Gasteiger partial charge in [-0.1, -0.05) is 68.2 Å². The lowest BCUT2D eigenvalue weighted by Crippen LogP contribution is -2.19. The van der Waals surface area contributed by atoms with Crippen molar-refractivity contribution in [2.45, 2.75) is 70.4 Å². The molecule has 3 aromatic rings. The van der Waals surface area contributed by atoms with Crippen LogP contribution in [0.2, 0.25) is 0 Å². The van der Waals surface area contributed by atoms with Gasteiger partial charge in [-0.15, -0.1) is 6.58 Å². The molecule has 1 nitrogen and oxygen atoms in total. The average Bonchev–Trinajstić information content (AvgIpc) is 2.90. The van der Waals surface area contributed by atoms with Crippen LogP contribution in [-0.4, -0.2) is 12.8 Å². The molecule has 0 amide bonds. The molecule has 0 unspecified atom stereocenters. The number of fused-ring (bicyclic) bond motifs is 1. The van der Waals surface area contributed by atoms with Gasteiger partial charge in [0.1, 0.15) is 5.82 Å². The highest BCUT2D eigenvalue weighted by molar-refractivity contribution is 5.84. The van der Waals surface area contributed by atoms with E-state index in [2.05, 4.69) is 17.4 Å². The van der Waals surface area contributed by atoms with E-state index in [-0.39, 0.29) is 5.82 Å². The van der Waals surface area contributed by atoms with Gasteiger partial charge in [0.05, 0.1) is 0 Å². The van der Waals surface area contributed by atoms with E-state index >= 15 is 4.39 Å². The third kappa shape index (κ3) is 7.81. The normalized spacial score (nSPS) is 18.0. The maximum Gasteiger partial charge on any atom is 0.422 e. The molecule has 1 fully saturated rings. The quantitative estimate of drug-likeness (QED) is 0.177. The van der Waals surface area contributed by atoms with Crippen molar-refractivity contribution in [2.75, 3.05) is 6.61 Å². The van der Waals surface area contributed by atoms with E-state index in [0.717, 1.165) is 42.6 Å². The minimum atomic E-state index is -4.54. The number of ether oxygens (including phenoxy) is 1. The Labute approximate surface area is 221 Å². The molecule has 0 N–H and O–H groups in total. The predicted molar refractivity (Wildman–Crippen MR) is 142 cm³/mol. The molecule has 0 spiro atoms. The van der Waals surface area contributed by atoms with Crippen molar-refractivity contribution in [3.63, 3.8) is 0 Å². The summed E-state index contributed by atoms with van der Waals surface area (Å²) < 4.78 is 70.8. The van der Waals surface area contributed by atoms with Crippen LogP contribution in [-0.2, 0) is 19.3 Å². The van der Waals surface area contributed by atoms with Gasteiger partial charge in [-0.25, -0.2) is 8.78 Å². The Morgan fingerprint density at radius 1 is 0.816 bits per heavy atom. The van der Waals surface area contributed by atoms with Gasteiger partial charge in [0, 0.05) is 5.39 Å². The maximum atomic E-state index is 15.3. The summed E-state index contributed by atoms with van der Waals surface area (Å²) in [6.45, 7) is 2.28. The summed E-state index contributed by atoms with van der Waals surface area (Å²) in [6.07, 6.45) is 7.92. The Morgan fingerprint density at radius 2 is 1.50 bits per heavy atom. The maximum absolute atomic E-state index is 15.3. The number of aryl methyl sites for hydroxylation is 3. The fourth-order valence-corrected chi connectivity index (χ4v) is 5.52. The number of hydrogen-bond acceptors (Lipinski definition) is 1. The smallest absolute Gasteiger partial charge is 0.422 e. The molecule has 0 atom stereocenters. The largest absolute Gasteiger partial charge is 0.481 e. The van der Waals surface area contributed by atoms with Crippen LogP contribution in [0.15, 0.2) is 61.2 Å². The number of halogens is 5. The molecule has 38 heavy (non-hydrogen) atoms. The molecule has 0 aliphatic heterocycles. The van der Waals surface area contributed by atoms with Crippen LogP contribution in [0.1, 0.15) is 61.6 Å². The first-order chi connectivity index (χ1) is 18.2. The van der Waals surface area contributed by atoms with Crippen LogP contribution < -0.4 is 4.74 Å². The van der Waals surface area contributed by atoms with E-state index in [1.807, 2.05) is 24.3 Å². The third-order valence-electron chi connectivity index (χ3n) is 7.76. The molecule has 0 heterocycles. The van der Waals surface area contributed by atoms with Crippen molar-refractivity contribution in [2.24, 2.45) is 11.8 Å². The van der Waals surface area contributed by atoms with Gasteiger partial charge in [0.15, 0.2) is 18.2 Å². The van der Waals surface area contributed by atoms with Crippen LogP contribution >= 0.6 is 0 Å². The van der Waals surface area contributed by atoms with E-state index in [1.54, 1.807) is 6.07 Å². The van der Waals surface area contributed by atoms with Crippen molar-refractivity contribution < 1.29 is 26.7 Å². The Morgan fingerprint density at radius 3 is 2.18 bits per heavy atom. The first kappa shape index (κ1) is 28.1. The lowest BCUT2D eigenvalue weighted by Gasteiger charge is -2.28. The van der Waals surface area contributed by atoms with Crippen molar-refractivity contribution in [3.8, 4) is 5.75 Å². The topological polar surface area (TPSA) is 9.23 Å². The molecular formula is C32H35F5O. The van der Waals surface area contributed by atoms with E-state index in [9.17, 15) is 17.6 Å². The summed E-state index contributed by atoms with van der Waals surface area (Å²) in [7, 11) is 0. The van der Waals surface area contributed by atoms with Gasteiger partial charge in [0.25, 0.3) is 0 Å². The molecule has 0 bridgehead atoms. The van der Waals surface area contributed by atoms with Gasteiger partial charge in [-0.3, -0.25) is 0 Å². The van der Waals surface area contributed by atoms with Crippen molar-refractivity contribution >= 4 is 10.8 Å². The van der Waals surface area contributed by atoms with E-state index in [4.69, 9.17) is 0 Å². The zero-order valence-corrected chi connectivity index (χ0v) is 21.6. The van der Waals surface area contributed by atoms with Gasteiger partial charge in [0.2, 0.25) is 0 Å². The van der Waals surface area contributed by atoms with Gasteiger partial charge < -0.3 is 4.74 Å². The van der Waals surface area contributed by atoms with Crippen molar-refractivity contribution in [3.05, 3.63) is 89.5 Å². The fourth-order valence-electron chi connectivity index (χ4n) is 5.52. The number of benzene rings is 3. The van der Waals surface area contributed by atoms with Crippen LogP contribution in [0.4, 0.5) is 22.0 Å². The zero-order chi connectivity index (χ0) is 27.1. The number of rotatable bonds is 11. The lowest BCUT2D eigenvalue weighted by molar-refractivity contribution is -0.153. The van der Waals surface area contributed by atoms with Gasteiger partial charge in [-0.2, -0.15) is 13.2 Å². The summed E-state index contributed by atoms with van der Waals surface area (Å²) in [5, 5.41) is 1.44. The second kappa shape index (κ2) is 12.8. The summed E-state index contributed by atoms with van der Waals surface area (Å²) in [5.74, 6) is 0.0177. The Bertz CT molecular complexity index is 1220. The Kier molecular flexibility index (Phi) is 9.45. The molecule has 0 saturated heterocycles. The first-order valence-electron chi connectivity index (χ1n) is 13.5. The third-order valence-corrected chi connectivity index (χ3v) is 7.76. The van der Waals surface area contributed by atoms with Crippen LogP contribution in [0.5, 0.6) is 5.75 Å². The summed E-state index contributed by atoms with van der Waals surface area (Å²) >= 11 is 0. The standard InChI is InChI=1S/C32H35F5O/c1-2-3-4-22-5-7-23(8-6-22)9-10-24-12-17-28-27(19-24)16-15-26(31(28)34)14-11-25-13-18-30(29(33)20-25)38-21-32(35,36)37/h2,12-13,15-20,22-23H,1,3-11,14,21H2. The highest BCUT2D eigenvalue weighted by atomic mass is 19.4. The average molecular weight is 531 g/mol. The lowest BCUT2D eigenvalue weighted by atomic mass is 9.78. The Balaban J connectivity index is 1.32. The number of allylic oxidation sites excluding steroid dienone is 1. The van der Waals surface area contributed by atoms with E-state index < -0.39 is 24.3 Å². The summed E-state index contributed by atoms with van der Waals surface area (Å²) in [5.41, 5.74) is 2.31. The molecule has 1 aliphatic rings. The molecule has 1 saturated carbocycles. The molecule has 0 aromatic heterocycles. The van der Waals surface area contributed by atoms with E-state index in [0.29, 0.717) is 29.4 Å². The molecule has 1 aliphatic carbocycles. The predicted octanol–water partition coefficient (Wildman–Crippen LogP) is 9.55. The second-order valence-electron chi connectivity index (χ2n) is 10.6. The minimum absolute atomic E-state index is 0.280. The summed E-state index contributed by atoms with van der Waals surface area (Å²) in [6, 6.07) is 13.5. The molecular weight excluding hydrogens is 495 g/mol. The van der Waals surface area contributed by atoms with E-state index in [1.165, 1.54) is 49.8 Å². The number of alkyl halides is 3. The fraction of sp³-hybridized carbons (Fsp3) is 0.438. The van der Waals surface area contributed by atoms with Gasteiger partial charge >= 0.3 is 6.18 Å². The minimum Gasteiger partial charge on any atom is -0.481 e. The highest BCUT2D eigenvalue weighted by Gasteiger charge is 2.29. The van der Waals surface area contributed by atoms with Gasteiger partial charge in [-0.05, 0) is 84.6 Å². The van der Waals surface area contributed by atoms with Crippen LogP contribution in [0, 0.1) is 23.5 Å². The molecule has 4 rings (SSSR count). The van der Waals surface area contributed by atoms with Crippen LogP contribution in [0.3, 0.4) is 0 Å². The molecule has 204 valence electrons. The number of hydrogen-bond donors (Lipinski definition) is 0. The highest BCUT2D eigenvalue weighted by Crippen LogP contribution is 2.34. The second-order valence-corrected chi connectivity index (χ2v) is 10.6. The molecule has 3 aromatic carbocycles. The monoisotopic (exact) mass is 530 g/mol. The molecule has 0 radical (unpaired) electrons. The Hall–Kier alpha value is -2.89. The van der Waals surface area contributed by atoms with Crippen LogP contribution in [0.25, 0.3) is 10.8 Å². The molecule has 6 heteroatoms.